The molecule has 0 aromatic heterocycles. The van der Waals surface area contributed by atoms with Crippen LogP contribution in [0.25, 0.3) is 0 Å². The van der Waals surface area contributed by atoms with Crippen LogP contribution in [0.3, 0.4) is 0 Å². The molecule has 1 amide bonds. The zero-order valence-electron chi connectivity index (χ0n) is 17.3. The molecule has 3 aromatic carbocycles. The summed E-state index contributed by atoms with van der Waals surface area (Å²) in [6, 6.07) is 23.4. The minimum absolute atomic E-state index is 0.0295. The van der Waals surface area contributed by atoms with Crippen LogP contribution in [0.1, 0.15) is 31.4 Å². The molecule has 0 atom stereocenters. The molecule has 0 spiro atoms. The monoisotopic (exact) mass is 422 g/mol. The van der Waals surface area contributed by atoms with Crippen LogP contribution in [0.2, 0.25) is 5.02 Å². The highest BCUT2D eigenvalue weighted by Gasteiger charge is 2.07. The van der Waals surface area contributed by atoms with Crippen molar-refractivity contribution in [1.29, 1.82) is 0 Å². The van der Waals surface area contributed by atoms with Crippen molar-refractivity contribution in [3.8, 4) is 5.75 Å². The highest BCUT2D eigenvalue weighted by molar-refractivity contribution is 6.30. The Bertz CT molecular complexity index is 988. The van der Waals surface area contributed by atoms with Crippen molar-refractivity contribution in [2.45, 2.75) is 33.4 Å². The van der Waals surface area contributed by atoms with E-state index in [2.05, 4.69) is 10.6 Å². The fourth-order valence-corrected chi connectivity index (χ4v) is 3.28. The summed E-state index contributed by atoms with van der Waals surface area (Å²) in [5.41, 5.74) is 3.79. The second kappa shape index (κ2) is 10.7. The Balaban J connectivity index is 1.61. The van der Waals surface area contributed by atoms with Crippen molar-refractivity contribution in [2.75, 3.05) is 10.6 Å². The maximum absolute atomic E-state index is 12.0. The van der Waals surface area contributed by atoms with Crippen molar-refractivity contribution >= 4 is 28.9 Å². The van der Waals surface area contributed by atoms with Gasteiger partial charge in [-0.15, -0.1) is 0 Å². The van der Waals surface area contributed by atoms with E-state index in [1.165, 1.54) is 0 Å². The van der Waals surface area contributed by atoms with Crippen LogP contribution in [0.15, 0.2) is 72.8 Å². The summed E-state index contributed by atoms with van der Waals surface area (Å²) in [5, 5.41) is 7.06. The molecular weight excluding hydrogens is 396 g/mol. The van der Waals surface area contributed by atoms with Gasteiger partial charge in [0.2, 0.25) is 5.91 Å². The molecule has 0 unspecified atom stereocenters. The molecule has 0 aliphatic carbocycles. The van der Waals surface area contributed by atoms with E-state index in [1.807, 2.05) is 86.6 Å². The lowest BCUT2D eigenvalue weighted by atomic mass is 10.1. The lowest BCUT2D eigenvalue weighted by Crippen LogP contribution is -2.14. The number of hydrogen-bond acceptors (Lipinski definition) is 3. The van der Waals surface area contributed by atoms with E-state index in [0.29, 0.717) is 30.5 Å². The number of amides is 1. The van der Waals surface area contributed by atoms with Crippen molar-refractivity contribution in [3.05, 3.63) is 88.9 Å². The van der Waals surface area contributed by atoms with Gasteiger partial charge in [-0.25, -0.2) is 0 Å². The largest absolute Gasteiger partial charge is 0.489 e. The van der Waals surface area contributed by atoms with Crippen molar-refractivity contribution in [2.24, 2.45) is 5.92 Å². The van der Waals surface area contributed by atoms with Crippen molar-refractivity contribution in [1.82, 2.24) is 0 Å². The van der Waals surface area contributed by atoms with Gasteiger partial charge in [-0.1, -0.05) is 61.8 Å². The summed E-state index contributed by atoms with van der Waals surface area (Å²) in [6.45, 7) is 5.12. The first-order valence-electron chi connectivity index (χ1n) is 10.1. The molecule has 0 bridgehead atoms. The molecule has 4 nitrogen and oxygen atoms in total. The number of para-hydroxylation sites is 1. The molecule has 0 heterocycles. The number of anilines is 2. The van der Waals surface area contributed by atoms with Crippen LogP contribution in [-0.4, -0.2) is 5.91 Å². The summed E-state index contributed by atoms with van der Waals surface area (Å²) in [7, 11) is 0. The molecule has 0 aliphatic heterocycles. The Labute approximate surface area is 183 Å². The van der Waals surface area contributed by atoms with E-state index in [0.717, 1.165) is 28.3 Å². The molecule has 0 radical (unpaired) electrons. The fourth-order valence-electron chi connectivity index (χ4n) is 3.07. The SMILES string of the molecule is CC(C)CC(=O)Nc1cccc(NCc2ccccc2OCc2cccc(Cl)c2)c1. The van der Waals surface area contributed by atoms with Gasteiger partial charge in [-0.3, -0.25) is 4.79 Å². The number of nitrogens with one attached hydrogen (secondary N) is 2. The molecule has 0 fully saturated rings. The Kier molecular flexibility index (Phi) is 7.75. The van der Waals surface area contributed by atoms with Crippen LogP contribution in [0, 0.1) is 5.92 Å². The Morgan fingerprint density at radius 3 is 2.53 bits per heavy atom. The summed E-state index contributed by atoms with van der Waals surface area (Å²) in [5.74, 6) is 1.18. The predicted octanol–water partition coefficient (Wildman–Crippen LogP) is 6.52. The highest BCUT2D eigenvalue weighted by atomic mass is 35.5. The zero-order valence-corrected chi connectivity index (χ0v) is 18.1. The number of ether oxygens (including phenoxy) is 1. The maximum atomic E-state index is 12.0. The topological polar surface area (TPSA) is 50.4 Å². The number of carbonyl (C=O) groups is 1. The smallest absolute Gasteiger partial charge is 0.224 e. The predicted molar refractivity (Wildman–Crippen MR) is 124 cm³/mol. The van der Waals surface area contributed by atoms with E-state index in [-0.39, 0.29) is 5.91 Å². The van der Waals surface area contributed by atoms with Gasteiger partial charge in [0.1, 0.15) is 12.4 Å². The molecule has 2 N–H and O–H groups in total. The lowest BCUT2D eigenvalue weighted by molar-refractivity contribution is -0.116. The minimum atomic E-state index is 0.0295. The van der Waals surface area contributed by atoms with Gasteiger partial charge in [-0.2, -0.15) is 0 Å². The summed E-state index contributed by atoms with van der Waals surface area (Å²) < 4.78 is 6.02. The van der Waals surface area contributed by atoms with Crippen LogP contribution < -0.4 is 15.4 Å². The van der Waals surface area contributed by atoms with Gasteiger partial charge in [0.25, 0.3) is 0 Å². The van der Waals surface area contributed by atoms with Crippen LogP contribution >= 0.6 is 11.6 Å². The van der Waals surface area contributed by atoms with Crippen LogP contribution in [0.5, 0.6) is 5.75 Å². The van der Waals surface area contributed by atoms with E-state index in [4.69, 9.17) is 16.3 Å². The third kappa shape index (κ3) is 6.82. The van der Waals surface area contributed by atoms with Gasteiger partial charge in [0.05, 0.1) is 0 Å². The van der Waals surface area contributed by atoms with Crippen molar-refractivity contribution in [3.63, 3.8) is 0 Å². The Hall–Kier alpha value is -2.98. The normalized spacial score (nSPS) is 10.7. The van der Waals surface area contributed by atoms with E-state index in [1.54, 1.807) is 0 Å². The van der Waals surface area contributed by atoms with Gasteiger partial charge in [-0.05, 0) is 47.9 Å². The van der Waals surface area contributed by atoms with Crippen LogP contribution in [-0.2, 0) is 17.9 Å². The molecule has 30 heavy (non-hydrogen) atoms. The molecule has 3 rings (SSSR count). The first-order chi connectivity index (χ1) is 14.5. The van der Waals surface area contributed by atoms with Gasteiger partial charge >= 0.3 is 0 Å². The average Bonchev–Trinajstić information content (AvgIpc) is 2.71. The Morgan fingerprint density at radius 2 is 1.73 bits per heavy atom. The highest BCUT2D eigenvalue weighted by Crippen LogP contribution is 2.23. The third-order valence-corrected chi connectivity index (χ3v) is 4.71. The number of halogens is 1. The van der Waals surface area contributed by atoms with Crippen LogP contribution in [0.4, 0.5) is 11.4 Å². The molecule has 0 aliphatic rings. The second-order valence-corrected chi connectivity index (χ2v) is 8.04. The van der Waals surface area contributed by atoms with Gasteiger partial charge < -0.3 is 15.4 Å². The molecule has 3 aromatic rings. The minimum Gasteiger partial charge on any atom is -0.489 e. The zero-order chi connectivity index (χ0) is 21.3. The third-order valence-electron chi connectivity index (χ3n) is 4.48. The average molecular weight is 423 g/mol. The number of hydrogen-bond donors (Lipinski definition) is 2. The Morgan fingerprint density at radius 1 is 0.967 bits per heavy atom. The maximum Gasteiger partial charge on any atom is 0.224 e. The molecule has 0 saturated carbocycles. The first kappa shape index (κ1) is 21.7. The quantitative estimate of drug-likeness (QED) is 0.413. The van der Waals surface area contributed by atoms with Gasteiger partial charge in [0, 0.05) is 34.9 Å². The molecule has 156 valence electrons. The fraction of sp³-hybridized carbons (Fsp3) is 0.240. The number of carbonyl (C=O) groups excluding carboxylic acids is 1. The summed E-state index contributed by atoms with van der Waals surface area (Å²) in [4.78, 5) is 12.0. The second-order valence-electron chi connectivity index (χ2n) is 7.61. The van der Waals surface area contributed by atoms with E-state index in [9.17, 15) is 4.79 Å². The van der Waals surface area contributed by atoms with Gasteiger partial charge in [0.15, 0.2) is 0 Å². The number of rotatable bonds is 9. The summed E-state index contributed by atoms with van der Waals surface area (Å²) in [6.07, 6.45) is 0.509. The summed E-state index contributed by atoms with van der Waals surface area (Å²) >= 11 is 6.05. The molecule has 5 heteroatoms. The molecule has 0 saturated heterocycles. The lowest BCUT2D eigenvalue weighted by Gasteiger charge is -2.14. The number of benzene rings is 3. The van der Waals surface area contributed by atoms with Crippen molar-refractivity contribution < 1.29 is 9.53 Å². The van der Waals surface area contributed by atoms with E-state index < -0.39 is 0 Å². The standard InChI is InChI=1S/C25H27ClN2O2/c1-18(2)13-25(29)28-23-11-6-10-22(15-23)27-16-20-8-3-4-12-24(20)30-17-19-7-5-9-21(26)14-19/h3-12,14-15,18,27H,13,16-17H2,1-2H3,(H,28,29). The molecular formula is C25H27ClN2O2. The van der Waals surface area contributed by atoms with E-state index >= 15 is 0 Å². The first-order valence-corrected chi connectivity index (χ1v) is 10.5.